The first-order valence-electron chi connectivity index (χ1n) is 13.2. The molecule has 8 nitrogen and oxygen atoms in total. The number of carbonyl (C=O) groups is 1. The number of fused-ring (bicyclic) bond motifs is 3. The molecule has 4 aliphatic heterocycles. The van der Waals surface area contributed by atoms with Crippen LogP contribution in [0, 0.1) is 17.7 Å². The van der Waals surface area contributed by atoms with E-state index in [0.717, 1.165) is 81.3 Å². The molecule has 2 bridgehead atoms. The van der Waals surface area contributed by atoms with Gasteiger partial charge in [0, 0.05) is 44.3 Å². The second kappa shape index (κ2) is 10.1. The Bertz CT molecular complexity index is 1240. The van der Waals surface area contributed by atoms with Crippen molar-refractivity contribution in [3.63, 3.8) is 0 Å². The monoisotopic (exact) mass is 504 g/mol. The van der Waals surface area contributed by atoms with Crippen LogP contribution in [0.3, 0.4) is 0 Å². The lowest BCUT2D eigenvalue weighted by atomic mass is 9.75. The number of hydrogen-bond donors (Lipinski definition) is 0. The minimum atomic E-state index is -0.260. The molecule has 0 spiro atoms. The van der Waals surface area contributed by atoms with Crippen molar-refractivity contribution in [2.75, 3.05) is 51.3 Å². The van der Waals surface area contributed by atoms with Crippen molar-refractivity contribution >= 4 is 11.6 Å². The Balaban J connectivity index is 1.05. The number of hydrogen-bond acceptors (Lipinski definition) is 6. The number of halogens is 1. The van der Waals surface area contributed by atoms with E-state index >= 15 is 0 Å². The summed E-state index contributed by atoms with van der Waals surface area (Å²) in [5.41, 5.74) is 2.70. The van der Waals surface area contributed by atoms with E-state index in [1.165, 1.54) is 12.1 Å². The molecule has 4 fully saturated rings. The molecule has 0 N–H and O–H groups in total. The van der Waals surface area contributed by atoms with Crippen molar-refractivity contribution < 1.29 is 13.9 Å². The fourth-order valence-corrected chi connectivity index (χ4v) is 6.26. The predicted molar refractivity (Wildman–Crippen MR) is 139 cm³/mol. The average molecular weight is 505 g/mol. The Morgan fingerprint density at radius 3 is 2.57 bits per heavy atom. The largest absolute Gasteiger partial charge is 0.495 e. The van der Waals surface area contributed by atoms with E-state index in [2.05, 4.69) is 31.1 Å². The van der Waals surface area contributed by atoms with E-state index in [0.29, 0.717) is 17.9 Å². The van der Waals surface area contributed by atoms with Crippen LogP contribution in [0.15, 0.2) is 54.7 Å². The number of aromatic nitrogens is 3. The lowest BCUT2D eigenvalue weighted by Gasteiger charge is -2.50. The molecule has 0 aliphatic carbocycles. The average Bonchev–Trinajstić information content (AvgIpc) is 3.42. The van der Waals surface area contributed by atoms with Gasteiger partial charge in [-0.1, -0.05) is 17.3 Å². The van der Waals surface area contributed by atoms with E-state index in [9.17, 15) is 9.18 Å². The molecule has 3 aromatic rings. The van der Waals surface area contributed by atoms with Gasteiger partial charge in [-0.05, 0) is 61.7 Å². The van der Waals surface area contributed by atoms with Crippen molar-refractivity contribution in [1.29, 1.82) is 0 Å². The first-order valence-corrected chi connectivity index (χ1v) is 13.2. The maximum absolute atomic E-state index is 13.6. The summed E-state index contributed by atoms with van der Waals surface area (Å²) in [6.45, 7) is 5.73. The van der Waals surface area contributed by atoms with E-state index in [-0.39, 0.29) is 11.7 Å². The molecule has 1 unspecified atom stereocenters. The molecular weight excluding hydrogens is 471 g/mol. The van der Waals surface area contributed by atoms with E-state index < -0.39 is 0 Å². The number of methoxy groups -OCH3 is 1. The van der Waals surface area contributed by atoms with Crippen molar-refractivity contribution in [3.05, 3.63) is 60.5 Å². The van der Waals surface area contributed by atoms with Crippen molar-refractivity contribution in [2.45, 2.75) is 25.4 Å². The summed E-state index contributed by atoms with van der Waals surface area (Å²) in [5.74, 6) is 1.42. The molecule has 9 heteroatoms. The summed E-state index contributed by atoms with van der Waals surface area (Å²) in [6, 6.07) is 14.8. The minimum Gasteiger partial charge on any atom is -0.495 e. The smallest absolute Gasteiger partial charge is 0.227 e. The number of benzene rings is 2. The van der Waals surface area contributed by atoms with Gasteiger partial charge in [-0.2, -0.15) is 0 Å². The van der Waals surface area contributed by atoms with E-state index in [4.69, 9.17) is 4.74 Å². The lowest BCUT2D eigenvalue weighted by molar-refractivity contribution is -0.144. The highest BCUT2D eigenvalue weighted by Gasteiger charge is 2.44. The third kappa shape index (κ3) is 4.80. The van der Waals surface area contributed by atoms with Gasteiger partial charge in [0.2, 0.25) is 5.91 Å². The standard InChI is InChI=1S/C28H33FN6O2/c1-37-27-5-3-2-4-26(27)32-12-14-33(15-13-32)28(36)24-18-34-11-10-21(24)16-23(34)17-35-19-25(30-31-35)20-6-8-22(29)9-7-20/h2-9,19,21,23-24H,10-18H2,1H3/t21-,23-,24+/m1/s1. The molecule has 4 saturated heterocycles. The highest BCUT2D eigenvalue weighted by Crippen LogP contribution is 2.38. The quantitative estimate of drug-likeness (QED) is 0.514. The predicted octanol–water partition coefficient (Wildman–Crippen LogP) is 3.15. The third-order valence-corrected chi connectivity index (χ3v) is 8.29. The number of amides is 1. The Labute approximate surface area is 216 Å². The van der Waals surface area contributed by atoms with Crippen LogP contribution in [-0.4, -0.2) is 83.1 Å². The first kappa shape index (κ1) is 23.9. The maximum Gasteiger partial charge on any atom is 0.227 e. The van der Waals surface area contributed by atoms with Gasteiger partial charge in [-0.15, -0.1) is 5.10 Å². The minimum absolute atomic E-state index is 0.0772. The van der Waals surface area contributed by atoms with Crippen LogP contribution in [0.5, 0.6) is 5.75 Å². The van der Waals surface area contributed by atoms with Gasteiger partial charge >= 0.3 is 0 Å². The van der Waals surface area contributed by atoms with Gasteiger partial charge in [0.15, 0.2) is 0 Å². The summed E-state index contributed by atoms with van der Waals surface area (Å²) in [7, 11) is 1.70. The number of piperazine rings is 1. The van der Waals surface area contributed by atoms with Crippen LogP contribution >= 0.6 is 0 Å². The summed E-state index contributed by atoms with van der Waals surface area (Å²) < 4.78 is 20.7. The normalized spacial score (nSPS) is 25.4. The summed E-state index contributed by atoms with van der Waals surface area (Å²) >= 11 is 0. The van der Waals surface area contributed by atoms with Gasteiger partial charge in [0.25, 0.3) is 0 Å². The molecule has 4 aliphatic rings. The number of nitrogens with zero attached hydrogens (tertiary/aromatic N) is 6. The summed E-state index contributed by atoms with van der Waals surface area (Å²) in [6.07, 6.45) is 4.01. The molecule has 5 heterocycles. The zero-order chi connectivity index (χ0) is 25.4. The SMILES string of the molecule is COc1ccccc1N1CCN(C(=O)[C@H]2CN3CC[C@@H]2C[C@@H]3Cn2cc(-c3ccc(F)cc3)nn2)CC1. The zero-order valence-corrected chi connectivity index (χ0v) is 21.2. The fraction of sp³-hybridized carbons (Fsp3) is 0.464. The molecule has 1 aromatic heterocycles. The zero-order valence-electron chi connectivity index (χ0n) is 21.2. The molecule has 7 rings (SSSR count). The van der Waals surface area contributed by atoms with Crippen molar-refractivity contribution in [2.24, 2.45) is 11.8 Å². The molecule has 0 saturated carbocycles. The lowest BCUT2D eigenvalue weighted by Crippen LogP contribution is -2.60. The number of carbonyl (C=O) groups excluding carboxylic acids is 1. The van der Waals surface area contributed by atoms with Gasteiger partial charge < -0.3 is 14.5 Å². The highest BCUT2D eigenvalue weighted by molar-refractivity contribution is 5.80. The Hall–Kier alpha value is -3.46. The Morgan fingerprint density at radius 2 is 1.84 bits per heavy atom. The maximum atomic E-state index is 13.6. The van der Waals surface area contributed by atoms with Gasteiger partial charge in [0.1, 0.15) is 17.3 Å². The van der Waals surface area contributed by atoms with E-state index in [1.807, 2.05) is 29.1 Å². The topological polar surface area (TPSA) is 66.7 Å². The molecule has 2 aromatic carbocycles. The molecule has 37 heavy (non-hydrogen) atoms. The molecule has 1 amide bonds. The number of anilines is 1. The van der Waals surface area contributed by atoms with Gasteiger partial charge in [0.05, 0.1) is 31.5 Å². The molecule has 4 atom stereocenters. The van der Waals surface area contributed by atoms with Crippen LogP contribution in [0.4, 0.5) is 10.1 Å². The number of ether oxygens (including phenoxy) is 1. The van der Waals surface area contributed by atoms with Crippen LogP contribution in [-0.2, 0) is 11.3 Å². The summed E-state index contributed by atoms with van der Waals surface area (Å²) in [4.78, 5) is 20.4. The number of para-hydroxylation sites is 2. The number of rotatable bonds is 6. The Kier molecular flexibility index (Phi) is 6.54. The second-order valence-electron chi connectivity index (χ2n) is 10.4. The highest BCUT2D eigenvalue weighted by atomic mass is 19.1. The van der Waals surface area contributed by atoms with E-state index in [1.54, 1.807) is 19.2 Å². The Morgan fingerprint density at radius 1 is 1.05 bits per heavy atom. The van der Waals surface area contributed by atoms with Crippen LogP contribution in [0.25, 0.3) is 11.3 Å². The number of piperidine rings is 3. The molecule has 194 valence electrons. The van der Waals surface area contributed by atoms with Crippen LogP contribution < -0.4 is 9.64 Å². The second-order valence-corrected chi connectivity index (χ2v) is 10.4. The molecular formula is C28H33FN6O2. The van der Waals surface area contributed by atoms with Gasteiger partial charge in [-0.3, -0.25) is 14.4 Å². The van der Waals surface area contributed by atoms with Crippen molar-refractivity contribution in [3.8, 4) is 17.0 Å². The third-order valence-electron chi connectivity index (χ3n) is 8.29. The molecule has 0 radical (unpaired) electrons. The fourth-order valence-electron chi connectivity index (χ4n) is 6.26. The summed E-state index contributed by atoms with van der Waals surface area (Å²) in [5, 5.41) is 8.61. The van der Waals surface area contributed by atoms with Crippen LogP contribution in [0.2, 0.25) is 0 Å². The van der Waals surface area contributed by atoms with Crippen molar-refractivity contribution in [1.82, 2.24) is 24.8 Å². The van der Waals surface area contributed by atoms with Crippen LogP contribution in [0.1, 0.15) is 12.8 Å². The first-order chi connectivity index (χ1) is 18.1. The van der Waals surface area contributed by atoms with Gasteiger partial charge in [-0.25, -0.2) is 4.39 Å².